The van der Waals surface area contributed by atoms with Crippen LogP contribution in [0, 0.1) is 5.41 Å². The van der Waals surface area contributed by atoms with E-state index in [-0.39, 0.29) is 24.1 Å². The van der Waals surface area contributed by atoms with E-state index in [0.717, 1.165) is 0 Å². The van der Waals surface area contributed by atoms with Crippen molar-refractivity contribution in [3.8, 4) is 5.75 Å². The second-order valence-corrected chi connectivity index (χ2v) is 8.15. The zero-order valence-corrected chi connectivity index (χ0v) is 18.4. The third kappa shape index (κ3) is 7.06. The normalized spacial score (nSPS) is 11.9. The maximum absolute atomic E-state index is 12.5. The highest BCUT2D eigenvalue weighted by atomic mass is 16.6. The average molecular weight is 425 g/mol. The molecular weight excluding hydrogens is 398 g/mol. The van der Waals surface area contributed by atoms with Crippen molar-refractivity contribution in [1.29, 1.82) is 0 Å². The highest BCUT2D eigenvalue weighted by molar-refractivity contribution is 6.01. The molecule has 0 aromatic heterocycles. The third-order valence-electron chi connectivity index (χ3n) is 4.40. The number of hydrogen-bond acceptors (Lipinski definition) is 6. The van der Waals surface area contributed by atoms with Crippen LogP contribution in [-0.2, 0) is 14.3 Å². The van der Waals surface area contributed by atoms with E-state index in [1.165, 1.54) is 13.8 Å². The molecule has 0 spiro atoms. The van der Waals surface area contributed by atoms with E-state index in [1.807, 2.05) is 0 Å². The molecule has 0 saturated heterocycles. The summed E-state index contributed by atoms with van der Waals surface area (Å²) in [5.41, 5.74) is 0.938. The molecule has 0 radical (unpaired) electrons. The van der Waals surface area contributed by atoms with Crippen molar-refractivity contribution in [2.24, 2.45) is 5.41 Å². The molecule has 0 aliphatic carbocycles. The summed E-state index contributed by atoms with van der Waals surface area (Å²) in [6, 6.07) is 12.7. The first-order valence-corrected chi connectivity index (χ1v) is 9.86. The van der Waals surface area contributed by atoms with Crippen LogP contribution in [0.15, 0.2) is 48.5 Å². The molecule has 2 rings (SSSR count). The minimum Gasteiger partial charge on any atom is -0.482 e. The molecule has 2 aromatic carbocycles. The fraction of sp³-hybridized carbons (Fsp3) is 0.333. The Morgan fingerprint density at radius 2 is 1.45 bits per heavy atom. The number of rotatable bonds is 8. The molecule has 0 bridgehead atoms. The molecule has 0 unspecified atom stereocenters. The molecule has 31 heavy (non-hydrogen) atoms. The number of nitrogens with one attached hydrogen (secondary N) is 1. The molecule has 0 fully saturated rings. The van der Waals surface area contributed by atoms with E-state index >= 15 is 0 Å². The highest BCUT2D eigenvalue weighted by Crippen LogP contribution is 2.18. The van der Waals surface area contributed by atoms with Crippen LogP contribution in [0.3, 0.4) is 0 Å². The Balaban J connectivity index is 1.87. The lowest BCUT2D eigenvalue weighted by Crippen LogP contribution is -2.28. The largest absolute Gasteiger partial charge is 0.482 e. The third-order valence-corrected chi connectivity index (χ3v) is 4.40. The number of benzene rings is 2. The summed E-state index contributed by atoms with van der Waals surface area (Å²) in [5.74, 6) is -0.847. The summed E-state index contributed by atoms with van der Waals surface area (Å²) in [4.78, 5) is 47.8. The molecule has 7 heteroatoms. The van der Waals surface area contributed by atoms with E-state index in [0.29, 0.717) is 22.6 Å². The Kier molecular flexibility index (Phi) is 7.69. The van der Waals surface area contributed by atoms with Crippen molar-refractivity contribution < 1.29 is 28.7 Å². The van der Waals surface area contributed by atoms with Gasteiger partial charge in [0.25, 0.3) is 0 Å². The topological polar surface area (TPSA) is 98.8 Å². The standard InChI is InChI=1S/C24H27NO6/c1-15(26)17-8-12-20(13-9-17)30-14-21(27)31-16(2)22(28)18-6-10-19(11-7-18)25-23(29)24(3,4)5/h6-13,16H,14H2,1-5H3,(H,25,29)/t16-/m1/s1. The van der Waals surface area contributed by atoms with Gasteiger partial charge in [0.15, 0.2) is 18.5 Å². The number of ketones is 2. The molecule has 164 valence electrons. The van der Waals surface area contributed by atoms with E-state index in [4.69, 9.17) is 9.47 Å². The van der Waals surface area contributed by atoms with Crippen LogP contribution in [0.2, 0.25) is 0 Å². The number of amides is 1. The maximum Gasteiger partial charge on any atom is 0.344 e. The highest BCUT2D eigenvalue weighted by Gasteiger charge is 2.22. The van der Waals surface area contributed by atoms with Gasteiger partial charge in [-0.2, -0.15) is 0 Å². The predicted molar refractivity (Wildman–Crippen MR) is 116 cm³/mol. The van der Waals surface area contributed by atoms with Gasteiger partial charge >= 0.3 is 5.97 Å². The number of anilines is 1. The van der Waals surface area contributed by atoms with Crippen LogP contribution in [0.5, 0.6) is 5.75 Å². The Morgan fingerprint density at radius 1 is 0.903 bits per heavy atom. The molecule has 0 heterocycles. The van der Waals surface area contributed by atoms with Gasteiger partial charge in [0.1, 0.15) is 5.75 Å². The lowest BCUT2D eigenvalue weighted by Gasteiger charge is -2.18. The Morgan fingerprint density at radius 3 is 1.97 bits per heavy atom. The number of carbonyl (C=O) groups excluding carboxylic acids is 4. The first-order valence-electron chi connectivity index (χ1n) is 9.86. The second-order valence-electron chi connectivity index (χ2n) is 8.15. The summed E-state index contributed by atoms with van der Waals surface area (Å²) in [6.07, 6.45) is -0.994. The fourth-order valence-corrected chi connectivity index (χ4v) is 2.48. The van der Waals surface area contributed by atoms with Gasteiger partial charge in [-0.25, -0.2) is 4.79 Å². The summed E-state index contributed by atoms with van der Waals surface area (Å²) < 4.78 is 10.5. The monoisotopic (exact) mass is 425 g/mol. The van der Waals surface area contributed by atoms with Gasteiger partial charge in [0, 0.05) is 22.2 Å². The zero-order valence-electron chi connectivity index (χ0n) is 18.4. The van der Waals surface area contributed by atoms with Crippen molar-refractivity contribution in [3.05, 3.63) is 59.7 Å². The number of hydrogen-bond donors (Lipinski definition) is 1. The van der Waals surface area contributed by atoms with Gasteiger partial charge in [0.2, 0.25) is 11.7 Å². The van der Waals surface area contributed by atoms with Crippen LogP contribution in [0.25, 0.3) is 0 Å². The van der Waals surface area contributed by atoms with Gasteiger partial charge in [-0.1, -0.05) is 20.8 Å². The summed E-state index contributed by atoms with van der Waals surface area (Å²) in [7, 11) is 0. The first kappa shape index (κ1) is 23.8. The van der Waals surface area contributed by atoms with E-state index in [2.05, 4.69) is 5.32 Å². The average Bonchev–Trinajstić information content (AvgIpc) is 2.71. The Bertz CT molecular complexity index is 955. The molecule has 1 amide bonds. The van der Waals surface area contributed by atoms with Crippen LogP contribution >= 0.6 is 0 Å². The quantitative estimate of drug-likeness (QED) is 0.506. The maximum atomic E-state index is 12.5. The predicted octanol–water partition coefficient (Wildman–Crippen LogP) is 4.07. The van der Waals surface area contributed by atoms with Crippen molar-refractivity contribution in [3.63, 3.8) is 0 Å². The Hall–Kier alpha value is -3.48. The number of ether oxygens (including phenoxy) is 2. The van der Waals surface area contributed by atoms with Crippen LogP contribution in [-0.4, -0.2) is 36.2 Å². The summed E-state index contributed by atoms with van der Waals surface area (Å²) >= 11 is 0. The van der Waals surface area contributed by atoms with Crippen LogP contribution in [0.1, 0.15) is 55.3 Å². The van der Waals surface area contributed by atoms with E-state index in [9.17, 15) is 19.2 Å². The number of carbonyl (C=O) groups is 4. The molecule has 1 N–H and O–H groups in total. The van der Waals surface area contributed by atoms with Crippen LogP contribution in [0.4, 0.5) is 5.69 Å². The first-order chi connectivity index (χ1) is 14.5. The van der Waals surface area contributed by atoms with Crippen molar-refractivity contribution in [2.75, 3.05) is 11.9 Å². The lowest BCUT2D eigenvalue weighted by atomic mass is 9.95. The van der Waals surface area contributed by atoms with Gasteiger partial charge in [-0.05, 0) is 62.4 Å². The zero-order chi connectivity index (χ0) is 23.2. The lowest BCUT2D eigenvalue weighted by molar-refractivity contribution is -0.148. The summed E-state index contributed by atoms with van der Waals surface area (Å²) in [5, 5.41) is 2.78. The molecule has 0 aliphatic rings. The van der Waals surface area contributed by atoms with Crippen molar-refractivity contribution >= 4 is 29.1 Å². The molecule has 0 aliphatic heterocycles. The van der Waals surface area contributed by atoms with Crippen LogP contribution < -0.4 is 10.1 Å². The van der Waals surface area contributed by atoms with Gasteiger partial charge in [-0.3, -0.25) is 14.4 Å². The van der Waals surface area contributed by atoms with Crippen molar-refractivity contribution in [2.45, 2.75) is 40.7 Å². The minimum atomic E-state index is -0.994. The van der Waals surface area contributed by atoms with E-state index < -0.39 is 17.5 Å². The second kappa shape index (κ2) is 10.0. The Labute approximate surface area is 181 Å². The molecule has 0 saturated carbocycles. The van der Waals surface area contributed by atoms with E-state index in [1.54, 1.807) is 69.3 Å². The van der Waals surface area contributed by atoms with Gasteiger partial charge in [0.05, 0.1) is 0 Å². The fourth-order valence-electron chi connectivity index (χ4n) is 2.48. The minimum absolute atomic E-state index is 0.0667. The number of esters is 1. The SMILES string of the molecule is CC(=O)c1ccc(OCC(=O)O[C@H](C)C(=O)c2ccc(NC(=O)C(C)(C)C)cc2)cc1. The molecular formula is C24H27NO6. The van der Waals surface area contributed by atoms with Crippen molar-refractivity contribution in [1.82, 2.24) is 0 Å². The smallest absolute Gasteiger partial charge is 0.344 e. The molecule has 7 nitrogen and oxygen atoms in total. The summed E-state index contributed by atoms with van der Waals surface area (Å²) in [6.45, 7) is 8.00. The molecule has 2 aromatic rings. The molecule has 1 atom stereocenters. The number of Topliss-reactive ketones (excluding diaryl/α,β-unsaturated/α-hetero) is 2. The van der Waals surface area contributed by atoms with Gasteiger partial charge in [-0.15, -0.1) is 0 Å². The van der Waals surface area contributed by atoms with Gasteiger partial charge < -0.3 is 14.8 Å².